The Labute approximate surface area is 329 Å². The number of methoxy groups -OCH3 is 1. The predicted molar refractivity (Wildman–Crippen MR) is 217 cm³/mol. The maximum atomic E-state index is 14.9. The van der Waals surface area contributed by atoms with Crippen molar-refractivity contribution in [2.45, 2.75) is 139 Å². The van der Waals surface area contributed by atoms with Crippen LogP contribution < -0.4 is 9.46 Å². The number of hydrogen-bond donors (Lipinski definition) is 2. The van der Waals surface area contributed by atoms with Crippen LogP contribution in [0.4, 0.5) is 0 Å². The van der Waals surface area contributed by atoms with Crippen LogP contribution in [0.2, 0.25) is 0 Å². The minimum absolute atomic E-state index is 0.0219. The number of fused-ring (bicyclic) bond motifs is 7. The largest absolute Gasteiger partial charge is 0.497 e. The number of nitrogens with zero attached hydrogens (tertiary/aromatic N) is 4. The molecule has 2 N–H and O–H groups in total. The van der Waals surface area contributed by atoms with E-state index >= 15 is 0 Å². The Morgan fingerprint density at radius 3 is 2.32 bits per heavy atom. The van der Waals surface area contributed by atoms with Crippen LogP contribution in [0.15, 0.2) is 42.6 Å². The number of allylic oxidation sites excluding steroid dienone is 1. The molecule has 4 fully saturated rings. The molecule has 12 heteroatoms. The van der Waals surface area contributed by atoms with E-state index in [1.807, 2.05) is 30.0 Å². The maximum absolute atomic E-state index is 14.9. The molecule has 9 rings (SSSR count). The summed E-state index contributed by atoms with van der Waals surface area (Å²) >= 11 is 0. The third kappa shape index (κ3) is 6.27. The van der Waals surface area contributed by atoms with Gasteiger partial charge in [0.1, 0.15) is 5.75 Å². The lowest BCUT2D eigenvalue weighted by Crippen LogP contribution is -2.52. The second-order valence-corrected chi connectivity index (χ2v) is 19.7. The molecule has 0 spiro atoms. The van der Waals surface area contributed by atoms with Crippen LogP contribution in [0.25, 0.3) is 33.8 Å². The number of aliphatic hydroxyl groups is 1. The van der Waals surface area contributed by atoms with Crippen LogP contribution in [0.5, 0.6) is 5.75 Å². The highest BCUT2D eigenvalue weighted by Crippen LogP contribution is 2.49. The summed E-state index contributed by atoms with van der Waals surface area (Å²) in [7, 11) is -2.18. The molecule has 296 valence electrons. The lowest BCUT2D eigenvalue weighted by molar-refractivity contribution is -0.0300. The first-order valence-electron chi connectivity index (χ1n) is 20.6. The Hall–Kier alpha value is -4.42. The lowest BCUT2D eigenvalue weighted by Gasteiger charge is -2.42. The summed E-state index contributed by atoms with van der Waals surface area (Å²) in [6.45, 7) is 5.40. The van der Waals surface area contributed by atoms with Gasteiger partial charge in [-0.15, -0.1) is 0 Å². The molecular weight excluding hydrogens is 727 g/mol. The van der Waals surface area contributed by atoms with Crippen LogP contribution >= 0.6 is 0 Å². The van der Waals surface area contributed by atoms with Crippen molar-refractivity contribution in [3.8, 4) is 17.0 Å². The number of carbonyl (C=O) groups excluding carboxylic acids is 2. The Kier molecular flexibility index (Phi) is 9.23. The van der Waals surface area contributed by atoms with Gasteiger partial charge in [-0.3, -0.25) is 14.3 Å². The van der Waals surface area contributed by atoms with Gasteiger partial charge in [0.25, 0.3) is 11.8 Å². The third-order valence-electron chi connectivity index (χ3n) is 13.4. The Bertz CT molecular complexity index is 2360. The Morgan fingerprint density at radius 1 is 0.929 bits per heavy atom. The maximum Gasteiger partial charge on any atom is 0.264 e. The van der Waals surface area contributed by atoms with Crippen LogP contribution in [-0.2, 0) is 16.6 Å². The molecule has 2 atom stereocenters. The average molecular weight is 780 g/mol. The summed E-state index contributed by atoms with van der Waals surface area (Å²) < 4.78 is 38.1. The second-order valence-electron chi connectivity index (χ2n) is 17.5. The van der Waals surface area contributed by atoms with Gasteiger partial charge in [-0.25, -0.2) is 13.1 Å². The van der Waals surface area contributed by atoms with Crippen molar-refractivity contribution in [3.05, 3.63) is 70.5 Å². The van der Waals surface area contributed by atoms with E-state index in [0.29, 0.717) is 30.9 Å². The van der Waals surface area contributed by atoms with Gasteiger partial charge in [0, 0.05) is 34.1 Å². The molecule has 2 aromatic heterocycles. The van der Waals surface area contributed by atoms with Crippen molar-refractivity contribution in [3.63, 3.8) is 0 Å². The van der Waals surface area contributed by atoms with E-state index in [9.17, 15) is 23.1 Å². The first-order valence-corrected chi connectivity index (χ1v) is 22.1. The molecular formula is C44H53N5O6S. The molecule has 2 saturated carbocycles. The molecule has 4 aromatic rings. The zero-order valence-corrected chi connectivity index (χ0v) is 33.7. The monoisotopic (exact) mass is 779 g/mol. The number of sulfonamides is 1. The summed E-state index contributed by atoms with van der Waals surface area (Å²) in [5, 5.41) is 16.3. The molecule has 2 amide bonds. The summed E-state index contributed by atoms with van der Waals surface area (Å²) in [6.07, 6.45) is 15.5. The average Bonchev–Trinajstić information content (AvgIpc) is 3.76. The fourth-order valence-electron chi connectivity index (χ4n) is 10.3. The number of nitrogens with one attached hydrogen (secondary N) is 1. The number of piperidine rings is 1. The van der Waals surface area contributed by atoms with Gasteiger partial charge in [0.15, 0.2) is 0 Å². The first kappa shape index (κ1) is 37.2. The molecule has 11 nitrogen and oxygen atoms in total. The van der Waals surface area contributed by atoms with Gasteiger partial charge in [-0.1, -0.05) is 25.3 Å². The van der Waals surface area contributed by atoms with E-state index in [2.05, 4.69) is 32.2 Å². The zero-order valence-electron chi connectivity index (χ0n) is 32.9. The molecule has 2 bridgehead atoms. The van der Waals surface area contributed by atoms with Gasteiger partial charge in [0.05, 0.1) is 53.7 Å². The van der Waals surface area contributed by atoms with Gasteiger partial charge in [0.2, 0.25) is 10.0 Å². The van der Waals surface area contributed by atoms with Crippen molar-refractivity contribution < 1.29 is 27.9 Å². The number of carbonyl (C=O) groups is 2. The van der Waals surface area contributed by atoms with E-state index in [0.717, 1.165) is 103 Å². The summed E-state index contributed by atoms with van der Waals surface area (Å²) in [5.41, 5.74) is 7.03. The Balaban J connectivity index is 1.25. The van der Waals surface area contributed by atoms with Crippen molar-refractivity contribution >= 4 is 44.4 Å². The fraction of sp³-hybridized carbons (Fsp3) is 0.523. The van der Waals surface area contributed by atoms with Gasteiger partial charge < -0.3 is 19.3 Å². The normalized spacial score (nSPS) is 24.0. The van der Waals surface area contributed by atoms with Gasteiger partial charge in [-0.05, 0) is 138 Å². The number of benzene rings is 2. The SMILES string of the molecule is COc1ccc2c(c1)C=C(c1c(C(=O)N3C4CCC3CC(C)(O)C4)cnn1C1CCC1)Cn1c-2c(C2CCCCC2)c2ccc(C(=O)NS(=O)(=O)C(C)C)cc21. The van der Waals surface area contributed by atoms with Gasteiger partial charge >= 0.3 is 0 Å². The van der Waals surface area contributed by atoms with E-state index < -0.39 is 26.8 Å². The van der Waals surface area contributed by atoms with Crippen LogP contribution in [0, 0.1) is 0 Å². The molecule has 2 aliphatic carbocycles. The standard InChI is InChI=1S/C44H53N5O6S/c1-26(2)56(53,54)46-42(50)28-13-17-36-38(21-28)47-25-30(19-29-20-34(55-4)16-18-35(29)41(47)39(36)27-9-6-5-7-10-27)40-37(24-45-49(40)31-11-8-12-31)43(51)48-32-14-15-33(48)23-44(3,52)22-32/h13,16-21,24,26-27,31-33,52H,5-12,14-15,22-23,25H2,1-4H3,(H,46,50). The number of ether oxygens (including phenoxy) is 1. The van der Waals surface area contributed by atoms with Crippen LogP contribution in [0.1, 0.15) is 147 Å². The van der Waals surface area contributed by atoms with E-state index in [-0.39, 0.29) is 29.6 Å². The second kappa shape index (κ2) is 13.9. The first-order chi connectivity index (χ1) is 26.8. The Morgan fingerprint density at radius 2 is 1.66 bits per heavy atom. The molecule has 0 radical (unpaired) electrons. The quantitative estimate of drug-likeness (QED) is 0.186. The van der Waals surface area contributed by atoms with Crippen LogP contribution in [0.3, 0.4) is 0 Å². The van der Waals surface area contributed by atoms with Crippen molar-refractivity contribution in [2.24, 2.45) is 0 Å². The number of rotatable bonds is 8. The van der Waals surface area contributed by atoms with Crippen LogP contribution in [-0.4, -0.2) is 74.6 Å². The number of aromatic nitrogens is 3. The highest BCUT2D eigenvalue weighted by molar-refractivity contribution is 7.90. The summed E-state index contributed by atoms with van der Waals surface area (Å²) in [6, 6.07) is 11.9. The predicted octanol–water partition coefficient (Wildman–Crippen LogP) is 7.83. The molecule has 56 heavy (non-hydrogen) atoms. The van der Waals surface area contributed by atoms with Crippen molar-refractivity contribution in [1.29, 1.82) is 0 Å². The topological polar surface area (TPSA) is 136 Å². The van der Waals surface area contributed by atoms with Crippen molar-refractivity contribution in [1.82, 2.24) is 24.0 Å². The number of amides is 2. The molecule has 5 heterocycles. The minimum atomic E-state index is -3.85. The van der Waals surface area contributed by atoms with Crippen molar-refractivity contribution in [2.75, 3.05) is 7.11 Å². The molecule has 2 saturated heterocycles. The van der Waals surface area contributed by atoms with E-state index in [1.165, 1.54) is 12.0 Å². The third-order valence-corrected chi connectivity index (χ3v) is 15.1. The smallest absolute Gasteiger partial charge is 0.264 e. The minimum Gasteiger partial charge on any atom is -0.497 e. The van der Waals surface area contributed by atoms with E-state index in [4.69, 9.17) is 9.84 Å². The van der Waals surface area contributed by atoms with E-state index in [1.54, 1.807) is 33.2 Å². The molecule has 3 aliphatic heterocycles. The summed E-state index contributed by atoms with van der Waals surface area (Å²) in [4.78, 5) is 30.5. The highest BCUT2D eigenvalue weighted by Gasteiger charge is 2.48. The fourth-order valence-corrected chi connectivity index (χ4v) is 10.9. The zero-order chi connectivity index (χ0) is 39.1. The molecule has 5 aliphatic rings. The number of hydrogen-bond acceptors (Lipinski definition) is 7. The van der Waals surface area contributed by atoms with Gasteiger partial charge in [-0.2, -0.15) is 5.10 Å². The summed E-state index contributed by atoms with van der Waals surface area (Å²) in [5.74, 6) is 0.352. The molecule has 2 unspecified atom stereocenters. The molecule has 2 aromatic carbocycles. The highest BCUT2D eigenvalue weighted by atomic mass is 32.2. The lowest BCUT2D eigenvalue weighted by atomic mass is 9.81.